The lowest BCUT2D eigenvalue weighted by molar-refractivity contribution is -0.118. The van der Waals surface area contributed by atoms with Crippen LogP contribution in [0, 0.1) is 20.8 Å². The SMILES string of the molecule is Cc1cccc(N2N=C(C(=O)Nc3cccc(-c4nc(C)c(C)o4)c3)CCC2=O)c1. The number of hydrazone groups is 1. The largest absolute Gasteiger partial charge is 0.441 e. The van der Waals surface area contributed by atoms with Crippen molar-refractivity contribution in [1.82, 2.24) is 4.98 Å². The number of aryl methyl sites for hydroxylation is 3. The standard InChI is InChI=1S/C23H22N4O3/c1-14-6-4-9-19(12-14)27-21(28)11-10-20(26-27)22(29)25-18-8-5-7-17(13-18)23-24-15(2)16(3)30-23/h4-9,12-13H,10-11H2,1-3H3,(H,25,29). The highest BCUT2D eigenvalue weighted by Gasteiger charge is 2.25. The third-order valence-corrected chi connectivity index (χ3v) is 4.94. The molecule has 0 saturated carbocycles. The maximum absolute atomic E-state index is 12.8. The van der Waals surface area contributed by atoms with Crippen molar-refractivity contribution in [2.45, 2.75) is 33.6 Å². The molecular formula is C23H22N4O3. The number of amides is 2. The Morgan fingerprint density at radius 3 is 2.60 bits per heavy atom. The van der Waals surface area contributed by atoms with Crippen LogP contribution in [0.4, 0.5) is 11.4 Å². The normalized spacial score (nSPS) is 13.9. The zero-order valence-electron chi connectivity index (χ0n) is 17.1. The second-order valence-electron chi connectivity index (χ2n) is 7.29. The first-order valence-electron chi connectivity index (χ1n) is 9.73. The van der Waals surface area contributed by atoms with Crippen LogP contribution >= 0.6 is 0 Å². The van der Waals surface area contributed by atoms with Crippen molar-refractivity contribution in [2.75, 3.05) is 10.3 Å². The van der Waals surface area contributed by atoms with Crippen LogP contribution in [-0.2, 0) is 9.59 Å². The van der Waals surface area contributed by atoms with E-state index in [0.717, 1.165) is 22.6 Å². The van der Waals surface area contributed by atoms with E-state index in [0.29, 0.717) is 29.4 Å². The molecule has 1 aliphatic rings. The Hall–Kier alpha value is -3.74. The van der Waals surface area contributed by atoms with Gasteiger partial charge in [0, 0.05) is 24.1 Å². The van der Waals surface area contributed by atoms with Gasteiger partial charge in [0.25, 0.3) is 5.91 Å². The summed E-state index contributed by atoms with van der Waals surface area (Å²) in [6.45, 7) is 5.69. The molecule has 7 nitrogen and oxygen atoms in total. The van der Waals surface area contributed by atoms with Gasteiger partial charge in [-0.2, -0.15) is 5.10 Å². The molecule has 2 amide bonds. The molecule has 30 heavy (non-hydrogen) atoms. The Labute approximate surface area is 174 Å². The first-order valence-corrected chi connectivity index (χ1v) is 9.73. The molecule has 0 saturated heterocycles. The molecule has 1 N–H and O–H groups in total. The second-order valence-corrected chi connectivity index (χ2v) is 7.29. The average molecular weight is 402 g/mol. The number of hydrogen-bond acceptors (Lipinski definition) is 5. The number of hydrogen-bond donors (Lipinski definition) is 1. The van der Waals surface area contributed by atoms with Crippen molar-refractivity contribution >= 4 is 28.9 Å². The van der Waals surface area contributed by atoms with Crippen LogP contribution in [0.25, 0.3) is 11.5 Å². The van der Waals surface area contributed by atoms with Gasteiger partial charge < -0.3 is 9.73 Å². The van der Waals surface area contributed by atoms with E-state index in [4.69, 9.17) is 4.42 Å². The van der Waals surface area contributed by atoms with Crippen LogP contribution in [0.1, 0.15) is 29.9 Å². The molecule has 4 rings (SSSR count). The highest BCUT2D eigenvalue weighted by molar-refractivity contribution is 6.44. The maximum atomic E-state index is 12.8. The molecule has 0 unspecified atom stereocenters. The van der Waals surface area contributed by atoms with Crippen LogP contribution in [-0.4, -0.2) is 22.5 Å². The van der Waals surface area contributed by atoms with Crippen molar-refractivity contribution < 1.29 is 14.0 Å². The number of carbonyl (C=O) groups excluding carboxylic acids is 2. The van der Waals surface area contributed by atoms with Crippen molar-refractivity contribution in [3.63, 3.8) is 0 Å². The van der Waals surface area contributed by atoms with Crippen molar-refractivity contribution in [3.05, 3.63) is 65.5 Å². The fourth-order valence-electron chi connectivity index (χ4n) is 3.21. The van der Waals surface area contributed by atoms with E-state index in [1.165, 1.54) is 5.01 Å². The molecule has 1 aromatic heterocycles. The van der Waals surface area contributed by atoms with E-state index in [1.54, 1.807) is 18.2 Å². The lowest BCUT2D eigenvalue weighted by atomic mass is 10.1. The van der Waals surface area contributed by atoms with Crippen molar-refractivity contribution in [2.24, 2.45) is 5.10 Å². The summed E-state index contributed by atoms with van der Waals surface area (Å²) < 4.78 is 5.67. The number of rotatable bonds is 4. The molecule has 0 fully saturated rings. The molecule has 1 aliphatic heterocycles. The van der Waals surface area contributed by atoms with E-state index in [2.05, 4.69) is 15.4 Å². The van der Waals surface area contributed by atoms with Crippen LogP contribution in [0.5, 0.6) is 0 Å². The number of carbonyl (C=O) groups is 2. The molecule has 0 aliphatic carbocycles. The molecule has 3 aromatic rings. The molecular weight excluding hydrogens is 380 g/mol. The summed E-state index contributed by atoms with van der Waals surface area (Å²) in [5.41, 5.74) is 4.18. The number of benzene rings is 2. The van der Waals surface area contributed by atoms with Crippen molar-refractivity contribution in [3.8, 4) is 11.5 Å². The molecule has 7 heteroatoms. The average Bonchev–Trinajstić information content (AvgIpc) is 3.07. The van der Waals surface area contributed by atoms with Gasteiger partial charge in [-0.1, -0.05) is 18.2 Å². The van der Waals surface area contributed by atoms with Gasteiger partial charge in [-0.05, 0) is 56.7 Å². The number of anilines is 2. The molecule has 0 bridgehead atoms. The Morgan fingerprint density at radius 2 is 1.87 bits per heavy atom. The lowest BCUT2D eigenvalue weighted by Gasteiger charge is -2.23. The van der Waals surface area contributed by atoms with Gasteiger partial charge in [0.05, 0.1) is 11.4 Å². The monoisotopic (exact) mass is 402 g/mol. The quantitative estimate of drug-likeness (QED) is 0.701. The Balaban J connectivity index is 1.55. The van der Waals surface area contributed by atoms with Gasteiger partial charge in [0.15, 0.2) is 0 Å². The zero-order chi connectivity index (χ0) is 21.3. The first-order chi connectivity index (χ1) is 14.4. The maximum Gasteiger partial charge on any atom is 0.271 e. The van der Waals surface area contributed by atoms with Gasteiger partial charge in [0.2, 0.25) is 11.8 Å². The van der Waals surface area contributed by atoms with Crippen LogP contribution in [0.2, 0.25) is 0 Å². The summed E-state index contributed by atoms with van der Waals surface area (Å²) in [4.78, 5) is 29.5. The summed E-state index contributed by atoms with van der Waals surface area (Å²) in [5, 5.41) is 8.49. The minimum Gasteiger partial charge on any atom is -0.441 e. The highest BCUT2D eigenvalue weighted by atomic mass is 16.4. The smallest absolute Gasteiger partial charge is 0.271 e. The summed E-state index contributed by atoms with van der Waals surface area (Å²) in [6, 6.07) is 14.8. The molecule has 0 atom stereocenters. The molecule has 0 spiro atoms. The van der Waals surface area contributed by atoms with Crippen molar-refractivity contribution in [1.29, 1.82) is 0 Å². The molecule has 152 valence electrons. The number of oxazole rings is 1. The van der Waals surface area contributed by atoms with Gasteiger partial charge in [-0.15, -0.1) is 0 Å². The third-order valence-electron chi connectivity index (χ3n) is 4.94. The fraction of sp³-hybridized carbons (Fsp3) is 0.217. The summed E-state index contributed by atoms with van der Waals surface area (Å²) in [6.07, 6.45) is 0.528. The minimum atomic E-state index is -0.336. The predicted octanol–water partition coefficient (Wildman–Crippen LogP) is 4.39. The van der Waals surface area contributed by atoms with Gasteiger partial charge >= 0.3 is 0 Å². The van der Waals surface area contributed by atoms with Gasteiger partial charge in [0.1, 0.15) is 11.5 Å². The van der Waals surface area contributed by atoms with Crippen LogP contribution in [0.3, 0.4) is 0 Å². The van der Waals surface area contributed by atoms with Crippen LogP contribution in [0.15, 0.2) is 58.0 Å². The molecule has 2 aromatic carbocycles. The Bertz CT molecular complexity index is 1140. The summed E-state index contributed by atoms with van der Waals surface area (Å²) in [5.74, 6) is 0.801. The van der Waals surface area contributed by atoms with Gasteiger partial charge in [-0.25, -0.2) is 9.99 Å². The second kappa shape index (κ2) is 7.94. The van der Waals surface area contributed by atoms with Crippen LogP contribution < -0.4 is 10.3 Å². The fourth-order valence-corrected chi connectivity index (χ4v) is 3.21. The number of nitrogens with zero attached hydrogens (tertiary/aromatic N) is 3. The number of aromatic nitrogens is 1. The third kappa shape index (κ3) is 4.00. The topological polar surface area (TPSA) is 87.8 Å². The molecule has 0 radical (unpaired) electrons. The zero-order valence-corrected chi connectivity index (χ0v) is 17.1. The Morgan fingerprint density at radius 1 is 1.07 bits per heavy atom. The minimum absolute atomic E-state index is 0.131. The van der Waals surface area contributed by atoms with E-state index in [1.807, 2.05) is 51.1 Å². The highest BCUT2D eigenvalue weighted by Crippen LogP contribution is 2.25. The predicted molar refractivity (Wildman–Crippen MR) is 115 cm³/mol. The van der Waals surface area contributed by atoms with E-state index in [9.17, 15) is 9.59 Å². The summed E-state index contributed by atoms with van der Waals surface area (Å²) >= 11 is 0. The first kappa shape index (κ1) is 19.6. The lowest BCUT2D eigenvalue weighted by Crippen LogP contribution is -2.36. The van der Waals surface area contributed by atoms with E-state index >= 15 is 0 Å². The molecule has 2 heterocycles. The Kier molecular flexibility index (Phi) is 5.18. The summed E-state index contributed by atoms with van der Waals surface area (Å²) in [7, 11) is 0. The van der Waals surface area contributed by atoms with E-state index < -0.39 is 0 Å². The van der Waals surface area contributed by atoms with E-state index in [-0.39, 0.29) is 18.2 Å². The van der Waals surface area contributed by atoms with Gasteiger partial charge in [-0.3, -0.25) is 9.59 Å². The number of nitrogens with one attached hydrogen (secondary N) is 1.